The van der Waals surface area contributed by atoms with E-state index in [-0.39, 0.29) is 5.91 Å². The molecule has 0 N–H and O–H groups in total. The lowest BCUT2D eigenvalue weighted by molar-refractivity contribution is -0.130. The van der Waals surface area contributed by atoms with Crippen molar-refractivity contribution in [1.29, 1.82) is 0 Å². The zero-order chi connectivity index (χ0) is 13.8. The van der Waals surface area contributed by atoms with Crippen LogP contribution in [-0.4, -0.2) is 28.0 Å². The fourth-order valence-corrected chi connectivity index (χ4v) is 1.72. The number of hydrogen-bond acceptors (Lipinski definition) is 4. The molecular weight excluding hydrogens is 266 g/mol. The van der Waals surface area contributed by atoms with Crippen molar-refractivity contribution in [3.8, 4) is 11.4 Å². The molecule has 0 radical (unpaired) electrons. The zero-order valence-corrected chi connectivity index (χ0v) is 11.5. The molecule has 1 aromatic heterocycles. The van der Waals surface area contributed by atoms with Crippen LogP contribution in [0.1, 0.15) is 19.2 Å². The Morgan fingerprint density at radius 2 is 2.05 bits per heavy atom. The number of benzene rings is 1. The van der Waals surface area contributed by atoms with Crippen LogP contribution in [0, 0.1) is 0 Å². The van der Waals surface area contributed by atoms with E-state index in [1.165, 1.54) is 0 Å². The molecule has 0 aliphatic rings. The summed E-state index contributed by atoms with van der Waals surface area (Å²) < 4.78 is 5.13. The summed E-state index contributed by atoms with van der Waals surface area (Å²) >= 11 is 5.82. The lowest BCUT2D eigenvalue weighted by Crippen LogP contribution is -2.25. The van der Waals surface area contributed by atoms with E-state index in [4.69, 9.17) is 16.1 Å². The highest BCUT2D eigenvalue weighted by Gasteiger charge is 2.13. The van der Waals surface area contributed by atoms with Gasteiger partial charge in [0.25, 0.3) is 0 Å². The first-order chi connectivity index (χ1) is 9.10. The highest BCUT2D eigenvalue weighted by atomic mass is 35.5. The molecule has 19 heavy (non-hydrogen) atoms. The molecule has 0 unspecified atom stereocenters. The molecule has 0 bridgehead atoms. The third-order valence-electron chi connectivity index (χ3n) is 2.67. The van der Waals surface area contributed by atoms with Crippen molar-refractivity contribution in [1.82, 2.24) is 15.0 Å². The van der Waals surface area contributed by atoms with E-state index in [0.29, 0.717) is 29.7 Å². The van der Waals surface area contributed by atoms with Crippen LogP contribution in [0.5, 0.6) is 0 Å². The topological polar surface area (TPSA) is 59.2 Å². The fraction of sp³-hybridized carbons (Fsp3) is 0.308. The van der Waals surface area contributed by atoms with E-state index in [2.05, 4.69) is 10.1 Å². The number of halogens is 1. The number of amides is 1. The maximum absolute atomic E-state index is 11.5. The van der Waals surface area contributed by atoms with Gasteiger partial charge in [-0.3, -0.25) is 4.79 Å². The van der Waals surface area contributed by atoms with Gasteiger partial charge in [-0.1, -0.05) is 23.7 Å². The molecule has 2 aromatic rings. The molecule has 0 spiro atoms. The Bertz CT molecular complexity index is 566. The van der Waals surface area contributed by atoms with Crippen molar-refractivity contribution in [3.05, 3.63) is 35.2 Å². The molecule has 0 saturated heterocycles. The average molecular weight is 280 g/mol. The highest BCUT2D eigenvalue weighted by Crippen LogP contribution is 2.18. The molecule has 0 atom stereocenters. The van der Waals surface area contributed by atoms with Gasteiger partial charge in [0.05, 0.1) is 6.54 Å². The van der Waals surface area contributed by atoms with Gasteiger partial charge >= 0.3 is 0 Å². The van der Waals surface area contributed by atoms with Gasteiger partial charge in [-0.05, 0) is 24.3 Å². The second kappa shape index (κ2) is 5.84. The number of rotatable bonds is 4. The Morgan fingerprint density at radius 1 is 1.37 bits per heavy atom. The molecule has 0 fully saturated rings. The average Bonchev–Trinajstić information content (AvgIpc) is 2.87. The molecule has 1 aromatic carbocycles. The molecule has 6 heteroatoms. The number of nitrogens with zero attached hydrogens (tertiary/aromatic N) is 3. The van der Waals surface area contributed by atoms with Crippen LogP contribution >= 0.6 is 11.6 Å². The van der Waals surface area contributed by atoms with Crippen molar-refractivity contribution in [2.45, 2.75) is 19.9 Å². The molecule has 0 saturated carbocycles. The summed E-state index contributed by atoms with van der Waals surface area (Å²) in [7, 11) is 1.71. The normalized spacial score (nSPS) is 10.5. The Labute approximate surface area is 116 Å². The van der Waals surface area contributed by atoms with Crippen LogP contribution in [0.15, 0.2) is 28.8 Å². The van der Waals surface area contributed by atoms with E-state index in [0.717, 1.165) is 5.56 Å². The second-order valence-electron chi connectivity index (χ2n) is 4.12. The first-order valence-corrected chi connectivity index (χ1v) is 6.30. The second-order valence-corrected chi connectivity index (χ2v) is 4.56. The molecule has 2 rings (SSSR count). The van der Waals surface area contributed by atoms with E-state index in [1.807, 2.05) is 19.1 Å². The minimum atomic E-state index is 0.0336. The quantitative estimate of drug-likeness (QED) is 0.863. The maximum atomic E-state index is 11.5. The van der Waals surface area contributed by atoms with Gasteiger partial charge in [-0.2, -0.15) is 4.98 Å². The number of aromatic nitrogens is 2. The number of hydrogen-bond donors (Lipinski definition) is 0. The van der Waals surface area contributed by atoms with Gasteiger partial charge in [0.2, 0.25) is 17.6 Å². The molecule has 100 valence electrons. The molecule has 5 nitrogen and oxygen atoms in total. The lowest BCUT2D eigenvalue weighted by Gasteiger charge is -2.12. The Balaban J connectivity index is 2.11. The van der Waals surface area contributed by atoms with Gasteiger partial charge < -0.3 is 9.42 Å². The van der Waals surface area contributed by atoms with Gasteiger partial charge in [0.1, 0.15) is 0 Å². The smallest absolute Gasteiger partial charge is 0.246 e. The summed E-state index contributed by atoms with van der Waals surface area (Å²) in [6.07, 6.45) is 0.453. The number of carbonyl (C=O) groups is 1. The van der Waals surface area contributed by atoms with Crippen LogP contribution in [0.25, 0.3) is 11.4 Å². The predicted octanol–water partition coefficient (Wildman–Crippen LogP) is 2.76. The zero-order valence-electron chi connectivity index (χ0n) is 10.8. The first-order valence-electron chi connectivity index (χ1n) is 5.92. The van der Waals surface area contributed by atoms with Crippen LogP contribution in [0.4, 0.5) is 0 Å². The summed E-state index contributed by atoms with van der Waals surface area (Å²) in [5.41, 5.74) is 0.823. The van der Waals surface area contributed by atoms with E-state index in [1.54, 1.807) is 24.1 Å². The standard InChI is InChI=1S/C13H14ClN3O2/c1-3-12(18)17(2)8-11-15-13(16-19-11)9-4-6-10(14)7-5-9/h4-7H,3,8H2,1-2H3. The van der Waals surface area contributed by atoms with Crippen LogP contribution in [0.2, 0.25) is 5.02 Å². The van der Waals surface area contributed by atoms with Crippen LogP contribution < -0.4 is 0 Å². The van der Waals surface area contributed by atoms with Gasteiger partial charge in [-0.25, -0.2) is 0 Å². The SMILES string of the molecule is CCC(=O)N(C)Cc1nc(-c2ccc(Cl)cc2)no1. The Kier molecular flexibility index (Phi) is 4.16. The minimum Gasteiger partial charge on any atom is -0.337 e. The number of carbonyl (C=O) groups excluding carboxylic acids is 1. The summed E-state index contributed by atoms with van der Waals surface area (Å²) in [5.74, 6) is 0.935. The van der Waals surface area contributed by atoms with Crippen LogP contribution in [0.3, 0.4) is 0 Å². The van der Waals surface area contributed by atoms with Gasteiger partial charge in [0, 0.05) is 24.1 Å². The van der Waals surface area contributed by atoms with Crippen molar-refractivity contribution in [2.75, 3.05) is 7.05 Å². The maximum Gasteiger partial charge on any atom is 0.246 e. The highest BCUT2D eigenvalue weighted by molar-refractivity contribution is 6.30. The van der Waals surface area contributed by atoms with Crippen molar-refractivity contribution >= 4 is 17.5 Å². The summed E-state index contributed by atoms with van der Waals surface area (Å²) in [4.78, 5) is 17.3. The molecule has 0 aliphatic heterocycles. The summed E-state index contributed by atoms with van der Waals surface area (Å²) in [5, 5.41) is 4.54. The molecule has 1 heterocycles. The predicted molar refractivity (Wildman–Crippen MR) is 71.5 cm³/mol. The monoisotopic (exact) mass is 279 g/mol. The van der Waals surface area contributed by atoms with E-state index in [9.17, 15) is 4.79 Å². The van der Waals surface area contributed by atoms with E-state index < -0.39 is 0 Å². The Hall–Kier alpha value is -1.88. The van der Waals surface area contributed by atoms with Crippen molar-refractivity contribution < 1.29 is 9.32 Å². The first kappa shape index (κ1) is 13.5. The van der Waals surface area contributed by atoms with Crippen LogP contribution in [-0.2, 0) is 11.3 Å². The summed E-state index contributed by atoms with van der Waals surface area (Å²) in [6.45, 7) is 2.12. The largest absolute Gasteiger partial charge is 0.337 e. The minimum absolute atomic E-state index is 0.0336. The lowest BCUT2D eigenvalue weighted by atomic mass is 10.2. The van der Waals surface area contributed by atoms with Gasteiger partial charge in [0.15, 0.2) is 0 Å². The van der Waals surface area contributed by atoms with Gasteiger partial charge in [-0.15, -0.1) is 0 Å². The molecule has 1 amide bonds. The third-order valence-corrected chi connectivity index (χ3v) is 2.92. The summed E-state index contributed by atoms with van der Waals surface area (Å²) in [6, 6.07) is 7.16. The molecular formula is C13H14ClN3O2. The third kappa shape index (κ3) is 3.32. The Morgan fingerprint density at radius 3 is 2.68 bits per heavy atom. The molecule has 0 aliphatic carbocycles. The van der Waals surface area contributed by atoms with Crippen molar-refractivity contribution in [3.63, 3.8) is 0 Å². The fourth-order valence-electron chi connectivity index (χ4n) is 1.60. The van der Waals surface area contributed by atoms with E-state index >= 15 is 0 Å². The van der Waals surface area contributed by atoms with Crippen molar-refractivity contribution in [2.24, 2.45) is 0 Å².